The minimum atomic E-state index is -0.967. The average molecular weight is 635 g/mol. The summed E-state index contributed by atoms with van der Waals surface area (Å²) >= 11 is 5.99. The number of carboxylic acid groups (broad SMARTS) is 1. The van der Waals surface area contributed by atoms with E-state index in [4.69, 9.17) is 32.5 Å². The van der Waals surface area contributed by atoms with Crippen LogP contribution in [0.5, 0.6) is 11.5 Å². The van der Waals surface area contributed by atoms with Gasteiger partial charge in [0, 0.05) is 25.2 Å². The molecule has 0 spiro atoms. The Morgan fingerprint density at radius 1 is 0.860 bits per heavy atom. The monoisotopic (exact) mass is 633 g/mol. The molecular weight excluding hydrogens is 593 g/mol. The number of aromatic nitrogens is 2. The van der Waals surface area contributed by atoms with E-state index in [1.165, 1.54) is 11.1 Å². The minimum Gasteiger partial charge on any atom is -1.00 e. The van der Waals surface area contributed by atoms with Gasteiger partial charge < -0.3 is 42.9 Å². The maximum atomic E-state index is 13.2. The molecule has 0 aliphatic carbocycles. The average Bonchev–Trinajstić information content (AvgIpc) is 2.95. The van der Waals surface area contributed by atoms with Crippen molar-refractivity contribution in [2.75, 3.05) is 52.4 Å². The summed E-state index contributed by atoms with van der Waals surface area (Å²) in [7, 11) is 5.42. The molecule has 3 aromatic rings. The van der Waals surface area contributed by atoms with Crippen LogP contribution in [0.1, 0.15) is 47.3 Å². The third-order valence-electron chi connectivity index (χ3n) is 7.45. The van der Waals surface area contributed by atoms with E-state index in [-0.39, 0.29) is 47.7 Å². The van der Waals surface area contributed by atoms with Crippen molar-refractivity contribution in [3.8, 4) is 11.5 Å². The highest BCUT2D eigenvalue weighted by Crippen LogP contribution is 2.24. The van der Waals surface area contributed by atoms with Crippen LogP contribution in [0.15, 0.2) is 48.5 Å². The van der Waals surface area contributed by atoms with Gasteiger partial charge in [0.2, 0.25) is 0 Å². The topological polar surface area (TPSA) is 151 Å². The molecule has 234 valence electrons. The summed E-state index contributed by atoms with van der Waals surface area (Å²) in [6, 6.07) is 16.0. The number of carbonyl (C=O) groups is 2. The number of methoxy groups -OCH3 is 2. The lowest BCUT2D eigenvalue weighted by Gasteiger charge is -2.37. The Morgan fingerprint density at radius 2 is 1.35 bits per heavy atom. The van der Waals surface area contributed by atoms with Crippen LogP contribution < -0.4 is 33.3 Å². The van der Waals surface area contributed by atoms with Crippen molar-refractivity contribution in [3.63, 3.8) is 0 Å². The third kappa shape index (κ3) is 11.2. The lowest BCUT2D eigenvalue weighted by Crippen LogP contribution is -3.00. The van der Waals surface area contributed by atoms with Gasteiger partial charge in [0.05, 0.1) is 47.3 Å². The van der Waals surface area contributed by atoms with Crippen molar-refractivity contribution >= 4 is 35.0 Å². The number of ketones is 1. The van der Waals surface area contributed by atoms with Gasteiger partial charge in [-0.3, -0.25) is 9.59 Å². The highest BCUT2D eigenvalue weighted by molar-refractivity contribution is 6.31. The van der Waals surface area contributed by atoms with Gasteiger partial charge in [0.1, 0.15) is 17.2 Å². The smallest absolute Gasteiger partial charge is 0.303 e. The van der Waals surface area contributed by atoms with E-state index in [1.807, 2.05) is 24.3 Å². The molecule has 1 aromatic heterocycles. The van der Waals surface area contributed by atoms with Gasteiger partial charge in [0.15, 0.2) is 22.6 Å². The van der Waals surface area contributed by atoms with Gasteiger partial charge >= 0.3 is 5.97 Å². The van der Waals surface area contributed by atoms with Crippen molar-refractivity contribution in [1.29, 1.82) is 0 Å². The number of halogens is 2. The number of hydrogen-bond acceptors (Lipinski definition) is 8. The number of nitrogen functional groups attached to an aromatic ring is 2. The van der Waals surface area contributed by atoms with Crippen LogP contribution in [0.3, 0.4) is 0 Å². The molecule has 2 aromatic carbocycles. The maximum absolute atomic E-state index is 13.2. The first-order chi connectivity index (χ1) is 20.0. The second kappa shape index (κ2) is 16.9. The molecule has 0 bridgehead atoms. The molecule has 12 heteroatoms. The lowest BCUT2D eigenvalue weighted by molar-refractivity contribution is -0.913. The van der Waals surface area contributed by atoms with Crippen LogP contribution in [0.2, 0.25) is 5.15 Å². The third-order valence-corrected chi connectivity index (χ3v) is 7.73. The molecule has 0 saturated heterocycles. The van der Waals surface area contributed by atoms with Crippen molar-refractivity contribution in [3.05, 3.63) is 70.5 Å². The first kappa shape index (κ1) is 35.6. The molecule has 0 amide bonds. The summed E-state index contributed by atoms with van der Waals surface area (Å²) in [5.41, 5.74) is 13.9. The molecule has 0 saturated carbocycles. The second-order valence-corrected chi connectivity index (χ2v) is 11.2. The molecule has 0 fully saturated rings. The number of aliphatic carboxylic acids is 1. The summed E-state index contributed by atoms with van der Waals surface area (Å²) in [5.74, 6) is -0.377. The number of quaternary nitrogens is 1. The van der Waals surface area contributed by atoms with Crippen molar-refractivity contribution < 1.29 is 41.1 Å². The van der Waals surface area contributed by atoms with E-state index in [0.29, 0.717) is 11.0 Å². The van der Waals surface area contributed by atoms with Crippen molar-refractivity contribution in [1.82, 2.24) is 9.97 Å². The number of anilines is 2. The van der Waals surface area contributed by atoms with E-state index in [9.17, 15) is 14.7 Å². The fourth-order valence-corrected chi connectivity index (χ4v) is 5.41. The molecule has 0 radical (unpaired) electrons. The fourth-order valence-electron chi connectivity index (χ4n) is 5.29. The van der Waals surface area contributed by atoms with E-state index in [1.54, 1.807) is 14.2 Å². The predicted molar refractivity (Wildman–Crippen MR) is 164 cm³/mol. The number of Topliss-reactive ketones (excluding diaryl/α,β-unsaturated/α-hetero) is 1. The number of nitrogens with zero attached hydrogens (tertiary/aromatic N) is 3. The highest BCUT2D eigenvalue weighted by atomic mass is 35.5. The van der Waals surface area contributed by atoms with Gasteiger partial charge in [-0.25, -0.2) is 9.97 Å². The SMILES string of the molecule is COc1ccc(CCC[N+](C)(CCCc2ccc(OC)cc2)C[C@H](CC(=O)O)CC(=O)c2nc(Cl)c(N)nc2N)cc1.[Cl-]. The van der Waals surface area contributed by atoms with Crippen LogP contribution in [0, 0.1) is 5.92 Å². The molecule has 10 nitrogen and oxygen atoms in total. The van der Waals surface area contributed by atoms with Gasteiger partial charge in [-0.1, -0.05) is 35.9 Å². The summed E-state index contributed by atoms with van der Waals surface area (Å²) in [5, 5.41) is 9.59. The zero-order valence-corrected chi connectivity index (χ0v) is 26.4. The Labute approximate surface area is 264 Å². The molecule has 1 atom stereocenters. The predicted octanol–water partition coefficient (Wildman–Crippen LogP) is 1.69. The first-order valence-corrected chi connectivity index (χ1v) is 14.3. The largest absolute Gasteiger partial charge is 1.00 e. The molecular formula is C31H41Cl2N5O5. The van der Waals surface area contributed by atoms with Crippen LogP contribution in [-0.2, 0) is 17.6 Å². The number of benzene rings is 2. The number of ether oxygens (including phenoxy) is 2. The summed E-state index contributed by atoms with van der Waals surface area (Å²) < 4.78 is 11.1. The standard InChI is InChI=1S/C31H40ClN5O5.ClH/c1-37(16-4-6-21-8-12-24(41-2)13-9-21,17-5-7-22-10-14-25(42-3)15-11-22)20-23(19-27(39)40)18-26(38)28-30(33)36-31(34)29(32)35-28;/h8-15,23H,4-7,16-20H2,1-3H3,(H4-,33,34,36,38,39,40);1H/t23-;/m0./s1. The maximum Gasteiger partial charge on any atom is 0.303 e. The van der Waals surface area contributed by atoms with Crippen molar-refractivity contribution in [2.45, 2.75) is 38.5 Å². The van der Waals surface area contributed by atoms with Crippen molar-refractivity contribution in [2.24, 2.45) is 5.92 Å². The zero-order chi connectivity index (χ0) is 30.7. The summed E-state index contributed by atoms with van der Waals surface area (Å²) in [6.07, 6.45) is 3.32. The number of rotatable bonds is 17. The second-order valence-electron chi connectivity index (χ2n) is 10.9. The van der Waals surface area contributed by atoms with Gasteiger partial charge in [-0.05, 0) is 48.2 Å². The molecule has 3 rings (SSSR count). The van der Waals surface area contributed by atoms with E-state index < -0.39 is 17.7 Å². The molecule has 1 heterocycles. The van der Waals surface area contributed by atoms with E-state index >= 15 is 0 Å². The molecule has 43 heavy (non-hydrogen) atoms. The van der Waals surface area contributed by atoms with Crippen LogP contribution in [0.25, 0.3) is 0 Å². The molecule has 0 aliphatic rings. The highest BCUT2D eigenvalue weighted by Gasteiger charge is 2.31. The van der Waals surface area contributed by atoms with Crippen LogP contribution >= 0.6 is 11.6 Å². The quantitative estimate of drug-likeness (QED) is 0.149. The zero-order valence-electron chi connectivity index (χ0n) is 24.9. The lowest BCUT2D eigenvalue weighted by atomic mass is 9.95. The molecule has 0 unspecified atom stereocenters. The summed E-state index contributed by atoms with van der Waals surface area (Å²) in [6.45, 7) is 2.13. The Bertz CT molecular complexity index is 1290. The number of carbonyl (C=O) groups excluding carboxylic acids is 1. The number of carboxylic acids is 1. The normalized spacial score (nSPS) is 11.8. The number of hydrogen-bond donors (Lipinski definition) is 3. The van der Waals surface area contributed by atoms with Crippen LogP contribution in [0.4, 0.5) is 11.6 Å². The van der Waals surface area contributed by atoms with Gasteiger partial charge in [-0.15, -0.1) is 0 Å². The number of nitrogens with two attached hydrogens (primary N) is 2. The first-order valence-electron chi connectivity index (χ1n) is 13.9. The Kier molecular flexibility index (Phi) is 14.0. The Balaban J connectivity index is 0.00000645. The summed E-state index contributed by atoms with van der Waals surface area (Å²) in [4.78, 5) is 33.0. The Morgan fingerprint density at radius 3 is 1.79 bits per heavy atom. The van der Waals surface area contributed by atoms with Gasteiger partial charge in [-0.2, -0.15) is 0 Å². The Hall–Kier alpha value is -3.60. The minimum absolute atomic E-state index is 0. The van der Waals surface area contributed by atoms with E-state index in [2.05, 4.69) is 41.3 Å². The molecule has 5 N–H and O–H groups in total. The van der Waals surface area contributed by atoms with Crippen LogP contribution in [-0.4, -0.2) is 72.2 Å². The van der Waals surface area contributed by atoms with E-state index in [0.717, 1.165) is 50.3 Å². The number of aryl methyl sites for hydroxylation is 2. The van der Waals surface area contributed by atoms with Gasteiger partial charge in [0.25, 0.3) is 0 Å². The molecule has 0 aliphatic heterocycles. The fraction of sp³-hybridized carbons (Fsp3) is 0.419.